The predicted molar refractivity (Wildman–Crippen MR) is 75.3 cm³/mol. The normalized spacial score (nSPS) is 10.3. The molecule has 0 unspecified atom stereocenters. The monoisotopic (exact) mass is 306 g/mol. The minimum atomic E-state index is -1.00. The molecule has 0 aliphatic rings. The highest BCUT2D eigenvalue weighted by molar-refractivity contribution is 9.11. The van der Waals surface area contributed by atoms with Gasteiger partial charge >= 0.3 is 5.97 Å². The number of nitrogens with one attached hydrogen (secondary N) is 1. The Morgan fingerprint density at radius 3 is 2.83 bits per heavy atom. The predicted octanol–water partition coefficient (Wildman–Crippen LogP) is 3.25. The number of carboxylic acids is 1. The lowest BCUT2D eigenvalue weighted by atomic mass is 10.1. The van der Waals surface area contributed by atoms with E-state index in [1.165, 1.54) is 6.20 Å². The molecule has 2 aromatic rings. The lowest BCUT2D eigenvalue weighted by Crippen LogP contribution is -2.08. The number of rotatable bonds is 4. The fourth-order valence-corrected chi connectivity index (χ4v) is 1.82. The van der Waals surface area contributed by atoms with Gasteiger partial charge in [0.25, 0.3) is 0 Å². The van der Waals surface area contributed by atoms with Crippen LogP contribution in [0.2, 0.25) is 0 Å². The lowest BCUT2D eigenvalue weighted by Gasteiger charge is -2.11. The summed E-state index contributed by atoms with van der Waals surface area (Å²) in [6, 6.07) is 7.40. The molecule has 0 fully saturated rings. The first-order valence-electron chi connectivity index (χ1n) is 5.28. The summed E-state index contributed by atoms with van der Waals surface area (Å²) >= 11 is 3.24. The Morgan fingerprint density at radius 1 is 1.44 bits per heavy atom. The molecule has 0 aliphatic heterocycles. The SMILES string of the molecule is C=C(Br)CNc1c(C(=O)O)cnc2ccccc12. The molecular formula is C13H11BrN2O2. The summed E-state index contributed by atoms with van der Waals surface area (Å²) in [7, 11) is 0. The average molecular weight is 307 g/mol. The lowest BCUT2D eigenvalue weighted by molar-refractivity contribution is 0.0697. The highest BCUT2D eigenvalue weighted by Crippen LogP contribution is 2.26. The van der Waals surface area contributed by atoms with Gasteiger partial charge in [-0.2, -0.15) is 0 Å². The molecule has 0 spiro atoms. The number of halogens is 1. The zero-order valence-corrected chi connectivity index (χ0v) is 11.1. The van der Waals surface area contributed by atoms with Crippen LogP contribution in [0, 0.1) is 0 Å². The number of nitrogens with zero attached hydrogens (tertiary/aromatic N) is 1. The van der Waals surface area contributed by atoms with Gasteiger partial charge in [0.05, 0.1) is 11.2 Å². The van der Waals surface area contributed by atoms with Crippen LogP contribution in [0.5, 0.6) is 0 Å². The first-order chi connectivity index (χ1) is 8.59. The number of carbonyl (C=O) groups is 1. The molecular weight excluding hydrogens is 296 g/mol. The van der Waals surface area contributed by atoms with Crippen molar-refractivity contribution in [2.24, 2.45) is 0 Å². The van der Waals surface area contributed by atoms with Gasteiger partial charge in [-0.1, -0.05) is 40.7 Å². The fourth-order valence-electron chi connectivity index (χ4n) is 1.68. The van der Waals surface area contributed by atoms with Crippen LogP contribution >= 0.6 is 15.9 Å². The van der Waals surface area contributed by atoms with Crippen LogP contribution < -0.4 is 5.32 Å². The first kappa shape index (κ1) is 12.6. The van der Waals surface area contributed by atoms with E-state index in [9.17, 15) is 9.90 Å². The van der Waals surface area contributed by atoms with Crippen LogP contribution in [-0.2, 0) is 0 Å². The summed E-state index contributed by atoms with van der Waals surface area (Å²) in [6.45, 7) is 4.17. The zero-order valence-electron chi connectivity index (χ0n) is 9.48. The van der Waals surface area contributed by atoms with E-state index < -0.39 is 5.97 Å². The number of aromatic nitrogens is 1. The van der Waals surface area contributed by atoms with Crippen LogP contribution in [0.25, 0.3) is 10.9 Å². The number of hydrogen-bond acceptors (Lipinski definition) is 3. The second-order valence-corrected chi connectivity index (χ2v) is 4.86. The molecule has 0 bridgehead atoms. The Labute approximate surface area is 112 Å². The van der Waals surface area contributed by atoms with E-state index >= 15 is 0 Å². The van der Waals surface area contributed by atoms with Gasteiger partial charge in [-0.05, 0) is 6.07 Å². The van der Waals surface area contributed by atoms with E-state index in [1.807, 2.05) is 24.3 Å². The molecule has 5 heteroatoms. The third-order valence-corrected chi connectivity index (χ3v) is 2.74. The maximum absolute atomic E-state index is 11.2. The quantitative estimate of drug-likeness (QED) is 0.910. The van der Waals surface area contributed by atoms with Crippen molar-refractivity contribution < 1.29 is 9.90 Å². The van der Waals surface area contributed by atoms with Gasteiger partial charge in [0, 0.05) is 22.6 Å². The van der Waals surface area contributed by atoms with Crippen molar-refractivity contribution in [1.29, 1.82) is 0 Å². The smallest absolute Gasteiger partial charge is 0.339 e. The zero-order chi connectivity index (χ0) is 13.1. The number of pyridine rings is 1. The van der Waals surface area contributed by atoms with Gasteiger partial charge in [-0.15, -0.1) is 0 Å². The van der Waals surface area contributed by atoms with Gasteiger partial charge < -0.3 is 10.4 Å². The van der Waals surface area contributed by atoms with Crippen LogP contribution in [0.1, 0.15) is 10.4 Å². The van der Waals surface area contributed by atoms with E-state index in [2.05, 4.69) is 32.8 Å². The molecule has 2 N–H and O–H groups in total. The van der Waals surface area contributed by atoms with Crippen LogP contribution in [0.3, 0.4) is 0 Å². The molecule has 18 heavy (non-hydrogen) atoms. The number of para-hydroxylation sites is 1. The Morgan fingerprint density at radius 2 is 2.17 bits per heavy atom. The highest BCUT2D eigenvalue weighted by atomic mass is 79.9. The van der Waals surface area contributed by atoms with E-state index in [0.717, 1.165) is 15.4 Å². The third-order valence-electron chi connectivity index (χ3n) is 2.46. The van der Waals surface area contributed by atoms with Gasteiger partial charge in [0.2, 0.25) is 0 Å². The topological polar surface area (TPSA) is 62.2 Å². The van der Waals surface area contributed by atoms with Gasteiger partial charge in [0.15, 0.2) is 0 Å². The summed E-state index contributed by atoms with van der Waals surface area (Å²) in [5.74, 6) is -1.00. The van der Waals surface area contributed by atoms with Crippen molar-refractivity contribution in [2.75, 3.05) is 11.9 Å². The fraction of sp³-hybridized carbons (Fsp3) is 0.0769. The van der Waals surface area contributed by atoms with Crippen molar-refractivity contribution in [1.82, 2.24) is 4.98 Å². The molecule has 0 atom stereocenters. The third kappa shape index (κ3) is 2.51. The molecule has 1 aromatic heterocycles. The maximum Gasteiger partial charge on any atom is 0.339 e. The molecule has 92 valence electrons. The van der Waals surface area contributed by atoms with Gasteiger partial charge in [0.1, 0.15) is 5.56 Å². The minimum absolute atomic E-state index is 0.155. The number of hydrogen-bond donors (Lipinski definition) is 2. The number of anilines is 1. The summed E-state index contributed by atoms with van der Waals surface area (Å²) in [5.41, 5.74) is 1.47. The van der Waals surface area contributed by atoms with E-state index in [-0.39, 0.29) is 5.56 Å². The summed E-state index contributed by atoms with van der Waals surface area (Å²) in [6.07, 6.45) is 1.37. The molecule has 0 radical (unpaired) electrons. The summed E-state index contributed by atoms with van der Waals surface area (Å²) in [4.78, 5) is 15.3. The second-order valence-electron chi connectivity index (χ2n) is 3.74. The van der Waals surface area contributed by atoms with Crippen LogP contribution in [0.15, 0.2) is 41.5 Å². The Balaban J connectivity index is 2.58. The minimum Gasteiger partial charge on any atom is -0.478 e. The Hall–Kier alpha value is -1.88. The Kier molecular flexibility index (Phi) is 3.62. The van der Waals surface area contributed by atoms with Crippen LogP contribution in [-0.4, -0.2) is 22.6 Å². The molecule has 4 nitrogen and oxygen atoms in total. The molecule has 1 heterocycles. The Bertz CT molecular complexity index is 625. The van der Waals surface area contributed by atoms with Crippen molar-refractivity contribution in [3.8, 4) is 0 Å². The van der Waals surface area contributed by atoms with E-state index in [1.54, 1.807) is 0 Å². The number of benzene rings is 1. The largest absolute Gasteiger partial charge is 0.478 e. The number of aromatic carboxylic acids is 1. The second kappa shape index (κ2) is 5.18. The molecule has 0 aliphatic carbocycles. The van der Waals surface area contributed by atoms with Crippen molar-refractivity contribution >= 4 is 38.5 Å². The maximum atomic E-state index is 11.2. The number of fused-ring (bicyclic) bond motifs is 1. The van der Waals surface area contributed by atoms with Crippen molar-refractivity contribution in [3.05, 3.63) is 47.1 Å². The highest BCUT2D eigenvalue weighted by Gasteiger charge is 2.13. The summed E-state index contributed by atoms with van der Waals surface area (Å²) < 4.78 is 0.750. The molecule has 0 amide bonds. The molecule has 0 saturated carbocycles. The average Bonchev–Trinajstić information content (AvgIpc) is 2.35. The van der Waals surface area contributed by atoms with E-state index in [0.29, 0.717) is 12.2 Å². The molecule has 1 aromatic carbocycles. The standard InChI is InChI=1S/C13H11BrN2O2/c1-8(14)6-16-12-9-4-2-3-5-11(9)15-7-10(12)13(17)18/h2-5,7H,1,6H2,(H,15,16)(H,17,18). The van der Waals surface area contributed by atoms with Crippen molar-refractivity contribution in [2.45, 2.75) is 0 Å². The van der Waals surface area contributed by atoms with Gasteiger partial charge in [-0.25, -0.2) is 4.79 Å². The number of carboxylic acid groups (broad SMARTS) is 1. The summed E-state index contributed by atoms with van der Waals surface area (Å²) in [5, 5.41) is 13.0. The van der Waals surface area contributed by atoms with Crippen LogP contribution in [0.4, 0.5) is 5.69 Å². The molecule has 2 rings (SSSR count). The first-order valence-corrected chi connectivity index (χ1v) is 6.07. The van der Waals surface area contributed by atoms with Gasteiger partial charge in [-0.3, -0.25) is 4.98 Å². The van der Waals surface area contributed by atoms with E-state index in [4.69, 9.17) is 0 Å². The molecule has 0 saturated heterocycles. The van der Waals surface area contributed by atoms with Crippen molar-refractivity contribution in [3.63, 3.8) is 0 Å².